The number of aromatic amines is 1. The zero-order chi connectivity index (χ0) is 16.2. The molecule has 118 valence electrons. The first-order chi connectivity index (χ1) is 11.2. The van der Waals surface area contributed by atoms with E-state index < -0.39 is 0 Å². The third-order valence-corrected chi connectivity index (χ3v) is 3.78. The molecule has 5 heteroatoms. The first-order valence-corrected chi connectivity index (χ1v) is 7.82. The van der Waals surface area contributed by atoms with E-state index >= 15 is 0 Å². The summed E-state index contributed by atoms with van der Waals surface area (Å²) in [5.41, 5.74) is 2.55. The van der Waals surface area contributed by atoms with E-state index in [1.807, 2.05) is 55.6 Å². The Morgan fingerprint density at radius 1 is 1.26 bits per heavy atom. The summed E-state index contributed by atoms with van der Waals surface area (Å²) in [5.74, 6) is 0.573. The minimum absolute atomic E-state index is 0.0990. The van der Waals surface area contributed by atoms with Crippen LogP contribution in [0.2, 0.25) is 5.02 Å². The number of H-pyrrole nitrogens is 1. The number of para-hydroxylation sites is 2. The number of benzene rings is 2. The fourth-order valence-electron chi connectivity index (χ4n) is 2.52. The molecule has 1 amide bonds. The number of carbonyl (C=O) groups is 1. The van der Waals surface area contributed by atoms with Crippen molar-refractivity contribution in [2.45, 2.75) is 13.3 Å². The molecule has 4 nitrogen and oxygen atoms in total. The highest BCUT2D eigenvalue weighted by atomic mass is 35.5. The van der Waals surface area contributed by atoms with Gasteiger partial charge in [0.2, 0.25) is 5.91 Å². The van der Waals surface area contributed by atoms with Crippen molar-refractivity contribution in [2.75, 3.05) is 11.9 Å². The van der Waals surface area contributed by atoms with Crippen LogP contribution < -0.4 is 10.1 Å². The molecule has 0 saturated heterocycles. The first-order valence-electron chi connectivity index (χ1n) is 7.44. The van der Waals surface area contributed by atoms with Crippen LogP contribution >= 0.6 is 11.6 Å². The molecule has 0 atom stereocenters. The van der Waals surface area contributed by atoms with Gasteiger partial charge in [-0.05, 0) is 42.8 Å². The van der Waals surface area contributed by atoms with Crippen LogP contribution in [0.5, 0.6) is 5.75 Å². The quantitative estimate of drug-likeness (QED) is 0.729. The van der Waals surface area contributed by atoms with Crippen LogP contribution in [-0.4, -0.2) is 17.5 Å². The first kappa shape index (κ1) is 15.4. The average Bonchev–Trinajstić information content (AvgIpc) is 2.92. The SMILES string of the molecule is CCOc1ccccc1NC(=O)Cc1c[nH]c2ccc(Cl)cc12. The van der Waals surface area contributed by atoms with Crippen LogP contribution in [0, 0.1) is 0 Å². The summed E-state index contributed by atoms with van der Waals surface area (Å²) < 4.78 is 5.52. The van der Waals surface area contributed by atoms with Gasteiger partial charge in [0.25, 0.3) is 0 Å². The number of ether oxygens (including phenoxy) is 1. The summed E-state index contributed by atoms with van der Waals surface area (Å²) in [7, 11) is 0. The van der Waals surface area contributed by atoms with Crippen molar-refractivity contribution in [1.29, 1.82) is 0 Å². The number of rotatable bonds is 5. The maximum Gasteiger partial charge on any atom is 0.228 e. The Morgan fingerprint density at radius 3 is 2.91 bits per heavy atom. The Hall–Kier alpha value is -2.46. The van der Waals surface area contributed by atoms with Crippen molar-refractivity contribution < 1.29 is 9.53 Å². The lowest BCUT2D eigenvalue weighted by molar-refractivity contribution is -0.115. The fourth-order valence-corrected chi connectivity index (χ4v) is 2.69. The summed E-state index contributed by atoms with van der Waals surface area (Å²) in [6, 6.07) is 13.0. The van der Waals surface area contributed by atoms with Crippen molar-refractivity contribution in [3.8, 4) is 5.75 Å². The van der Waals surface area contributed by atoms with Gasteiger partial charge in [0, 0.05) is 22.1 Å². The van der Waals surface area contributed by atoms with Crippen molar-refractivity contribution in [3.63, 3.8) is 0 Å². The number of amides is 1. The highest BCUT2D eigenvalue weighted by Crippen LogP contribution is 2.25. The highest BCUT2D eigenvalue weighted by molar-refractivity contribution is 6.31. The molecular weight excluding hydrogens is 312 g/mol. The lowest BCUT2D eigenvalue weighted by atomic mass is 10.1. The van der Waals surface area contributed by atoms with E-state index in [1.54, 1.807) is 0 Å². The molecule has 2 N–H and O–H groups in total. The third kappa shape index (κ3) is 3.48. The summed E-state index contributed by atoms with van der Waals surface area (Å²) in [6.45, 7) is 2.46. The molecule has 1 heterocycles. The van der Waals surface area contributed by atoms with E-state index in [9.17, 15) is 4.79 Å². The molecule has 0 saturated carbocycles. The predicted molar refractivity (Wildman–Crippen MR) is 93.3 cm³/mol. The second-order valence-corrected chi connectivity index (χ2v) is 5.59. The molecule has 0 aliphatic carbocycles. The van der Waals surface area contributed by atoms with E-state index in [4.69, 9.17) is 16.3 Å². The summed E-state index contributed by atoms with van der Waals surface area (Å²) in [4.78, 5) is 15.5. The molecular formula is C18H17ClN2O2. The van der Waals surface area contributed by atoms with E-state index in [1.165, 1.54) is 0 Å². The summed E-state index contributed by atoms with van der Waals surface area (Å²) in [6.07, 6.45) is 2.11. The minimum Gasteiger partial charge on any atom is -0.492 e. The molecule has 1 aromatic heterocycles. The van der Waals surface area contributed by atoms with Crippen LogP contribution in [-0.2, 0) is 11.2 Å². The molecule has 0 radical (unpaired) electrons. The third-order valence-electron chi connectivity index (χ3n) is 3.54. The number of carbonyl (C=O) groups excluding carboxylic acids is 1. The molecule has 0 aliphatic heterocycles. The molecule has 0 spiro atoms. The monoisotopic (exact) mass is 328 g/mol. The number of hydrogen-bond acceptors (Lipinski definition) is 2. The Labute approximate surface area is 139 Å². The lowest BCUT2D eigenvalue weighted by Crippen LogP contribution is -2.15. The summed E-state index contributed by atoms with van der Waals surface area (Å²) >= 11 is 6.04. The van der Waals surface area contributed by atoms with Crippen LogP contribution in [0.3, 0.4) is 0 Å². The Kier molecular flexibility index (Phi) is 4.53. The van der Waals surface area contributed by atoms with Crippen LogP contribution in [0.15, 0.2) is 48.7 Å². The molecule has 0 aliphatic rings. The summed E-state index contributed by atoms with van der Waals surface area (Å²) in [5, 5.41) is 4.52. The Morgan fingerprint density at radius 2 is 2.09 bits per heavy atom. The molecule has 0 unspecified atom stereocenters. The van der Waals surface area contributed by atoms with Crippen LogP contribution in [0.1, 0.15) is 12.5 Å². The van der Waals surface area contributed by atoms with Crippen molar-refractivity contribution in [1.82, 2.24) is 4.98 Å². The molecule has 0 bridgehead atoms. The van der Waals surface area contributed by atoms with Gasteiger partial charge >= 0.3 is 0 Å². The zero-order valence-electron chi connectivity index (χ0n) is 12.7. The standard InChI is InChI=1S/C18H17ClN2O2/c1-2-23-17-6-4-3-5-16(17)21-18(22)9-12-11-20-15-8-7-13(19)10-14(12)15/h3-8,10-11,20H,2,9H2,1H3,(H,21,22). The molecule has 0 fully saturated rings. The second-order valence-electron chi connectivity index (χ2n) is 5.16. The molecule has 3 aromatic rings. The number of hydrogen-bond donors (Lipinski definition) is 2. The second kappa shape index (κ2) is 6.75. The molecule has 23 heavy (non-hydrogen) atoms. The van der Waals surface area contributed by atoms with Gasteiger partial charge in [-0.3, -0.25) is 4.79 Å². The largest absolute Gasteiger partial charge is 0.492 e. The topological polar surface area (TPSA) is 54.1 Å². The minimum atomic E-state index is -0.0990. The lowest BCUT2D eigenvalue weighted by Gasteiger charge is -2.11. The van der Waals surface area contributed by atoms with E-state index in [2.05, 4.69) is 10.3 Å². The van der Waals surface area contributed by atoms with Crippen molar-refractivity contribution in [2.24, 2.45) is 0 Å². The fraction of sp³-hybridized carbons (Fsp3) is 0.167. The smallest absolute Gasteiger partial charge is 0.228 e. The molecule has 2 aromatic carbocycles. The highest BCUT2D eigenvalue weighted by Gasteiger charge is 2.11. The van der Waals surface area contributed by atoms with Crippen LogP contribution in [0.25, 0.3) is 10.9 Å². The maximum atomic E-state index is 12.4. The maximum absolute atomic E-state index is 12.4. The predicted octanol–water partition coefficient (Wildman–Crippen LogP) is 4.40. The van der Waals surface area contributed by atoms with Gasteiger partial charge in [-0.15, -0.1) is 0 Å². The van der Waals surface area contributed by atoms with Crippen molar-refractivity contribution in [3.05, 3.63) is 59.2 Å². The van der Waals surface area contributed by atoms with E-state index in [-0.39, 0.29) is 12.3 Å². The average molecular weight is 329 g/mol. The van der Waals surface area contributed by atoms with Gasteiger partial charge in [0.1, 0.15) is 5.75 Å². The van der Waals surface area contributed by atoms with Gasteiger partial charge in [-0.25, -0.2) is 0 Å². The van der Waals surface area contributed by atoms with Gasteiger partial charge < -0.3 is 15.0 Å². The van der Waals surface area contributed by atoms with Gasteiger partial charge in [-0.1, -0.05) is 23.7 Å². The van der Waals surface area contributed by atoms with Crippen molar-refractivity contribution >= 4 is 34.1 Å². The van der Waals surface area contributed by atoms with Gasteiger partial charge in [-0.2, -0.15) is 0 Å². The van der Waals surface area contributed by atoms with E-state index in [0.29, 0.717) is 23.1 Å². The number of fused-ring (bicyclic) bond motifs is 1. The van der Waals surface area contributed by atoms with E-state index in [0.717, 1.165) is 16.5 Å². The van der Waals surface area contributed by atoms with Gasteiger partial charge in [0.15, 0.2) is 0 Å². The molecule has 3 rings (SSSR count). The number of anilines is 1. The van der Waals surface area contributed by atoms with Gasteiger partial charge in [0.05, 0.1) is 18.7 Å². The van der Waals surface area contributed by atoms with Crippen LogP contribution in [0.4, 0.5) is 5.69 Å². The normalized spacial score (nSPS) is 10.7. The Balaban J connectivity index is 1.78. The Bertz CT molecular complexity index is 842. The number of nitrogens with one attached hydrogen (secondary N) is 2. The zero-order valence-corrected chi connectivity index (χ0v) is 13.5. The number of aromatic nitrogens is 1. The number of halogens is 1.